The van der Waals surface area contributed by atoms with Crippen LogP contribution in [0.3, 0.4) is 0 Å². The fourth-order valence-electron chi connectivity index (χ4n) is 2.08. The smallest absolute Gasteiger partial charge is 0.0900 e. The lowest BCUT2D eigenvalue weighted by molar-refractivity contribution is 0.563. The zero-order valence-corrected chi connectivity index (χ0v) is 12.2. The van der Waals surface area contributed by atoms with Crippen molar-refractivity contribution < 1.29 is 0 Å². The molecule has 0 bridgehead atoms. The number of aryl methyl sites for hydroxylation is 3. The molecule has 0 saturated carbocycles. The number of aromatic nitrogens is 3. The van der Waals surface area contributed by atoms with Crippen LogP contribution in [-0.4, -0.2) is 21.3 Å². The van der Waals surface area contributed by atoms with Gasteiger partial charge in [-0.2, -0.15) is 5.10 Å². The second kappa shape index (κ2) is 5.63. The Balaban J connectivity index is 1.85. The molecule has 98 valence electrons. The maximum atomic E-state index is 4.58. The summed E-state index contributed by atoms with van der Waals surface area (Å²) in [5.74, 6) is 0. The summed E-state index contributed by atoms with van der Waals surface area (Å²) in [5, 5.41) is 8.83. The minimum Gasteiger partial charge on any atom is -0.308 e. The van der Waals surface area contributed by atoms with Crippen LogP contribution in [0.4, 0.5) is 0 Å². The van der Waals surface area contributed by atoms with Crippen molar-refractivity contribution in [3.63, 3.8) is 0 Å². The van der Waals surface area contributed by atoms with Gasteiger partial charge in [0, 0.05) is 24.2 Å². The van der Waals surface area contributed by atoms with Crippen LogP contribution in [0.25, 0.3) is 0 Å². The van der Waals surface area contributed by atoms with E-state index in [-0.39, 0.29) is 0 Å². The zero-order valence-electron chi connectivity index (χ0n) is 11.4. The van der Waals surface area contributed by atoms with E-state index in [1.54, 1.807) is 11.3 Å². The third kappa shape index (κ3) is 3.17. The van der Waals surface area contributed by atoms with Crippen molar-refractivity contribution in [2.24, 2.45) is 7.05 Å². The molecule has 1 unspecified atom stereocenters. The Bertz CT molecular complexity index is 515. The Labute approximate surface area is 112 Å². The van der Waals surface area contributed by atoms with Gasteiger partial charge in [-0.05, 0) is 39.3 Å². The van der Waals surface area contributed by atoms with E-state index in [9.17, 15) is 0 Å². The molecule has 0 aliphatic heterocycles. The molecule has 2 rings (SSSR count). The van der Waals surface area contributed by atoms with Gasteiger partial charge in [0.2, 0.25) is 0 Å². The molecule has 0 saturated heterocycles. The molecule has 1 N–H and O–H groups in total. The van der Waals surface area contributed by atoms with Crippen molar-refractivity contribution in [3.05, 3.63) is 33.5 Å². The van der Waals surface area contributed by atoms with Crippen LogP contribution in [-0.2, 0) is 13.5 Å². The summed E-state index contributed by atoms with van der Waals surface area (Å²) < 4.78 is 1.84. The van der Waals surface area contributed by atoms with Gasteiger partial charge >= 0.3 is 0 Å². The summed E-state index contributed by atoms with van der Waals surface area (Å²) >= 11 is 1.77. The highest BCUT2D eigenvalue weighted by atomic mass is 32.1. The molecule has 0 spiro atoms. The van der Waals surface area contributed by atoms with Gasteiger partial charge in [0.15, 0.2) is 0 Å². The Morgan fingerprint density at radius 3 is 2.78 bits per heavy atom. The molecule has 2 aromatic heterocycles. The van der Waals surface area contributed by atoms with Crippen LogP contribution in [0.2, 0.25) is 0 Å². The lowest BCUT2D eigenvalue weighted by Gasteiger charge is -2.12. The van der Waals surface area contributed by atoms with Gasteiger partial charge in [-0.3, -0.25) is 4.68 Å². The predicted octanol–water partition coefficient (Wildman–Crippen LogP) is 2.39. The van der Waals surface area contributed by atoms with E-state index in [2.05, 4.69) is 42.4 Å². The highest BCUT2D eigenvalue weighted by Gasteiger charge is 2.12. The maximum Gasteiger partial charge on any atom is 0.0900 e. The van der Waals surface area contributed by atoms with Crippen LogP contribution in [0.15, 0.2) is 12.4 Å². The van der Waals surface area contributed by atoms with E-state index in [0.29, 0.717) is 6.04 Å². The molecular weight excluding hydrogens is 244 g/mol. The van der Waals surface area contributed by atoms with Gasteiger partial charge in [0.05, 0.1) is 16.9 Å². The standard InChI is InChI=1S/C13H20N4S/c1-9(13-10(2)18-11(3)16-13)14-6-5-12-7-15-17(4)8-12/h7-9,14H,5-6H2,1-4H3. The number of hydrogen-bond acceptors (Lipinski definition) is 4. The first-order chi connectivity index (χ1) is 8.56. The van der Waals surface area contributed by atoms with E-state index in [0.717, 1.165) is 18.0 Å². The average molecular weight is 264 g/mol. The van der Waals surface area contributed by atoms with Crippen LogP contribution in [0.1, 0.15) is 34.1 Å². The lowest BCUT2D eigenvalue weighted by Crippen LogP contribution is -2.22. The van der Waals surface area contributed by atoms with Gasteiger partial charge in [0.1, 0.15) is 0 Å². The van der Waals surface area contributed by atoms with Crippen LogP contribution in [0, 0.1) is 13.8 Å². The molecular formula is C13H20N4S. The largest absolute Gasteiger partial charge is 0.308 e. The monoisotopic (exact) mass is 264 g/mol. The predicted molar refractivity (Wildman–Crippen MR) is 74.9 cm³/mol. The third-order valence-electron chi connectivity index (χ3n) is 2.97. The number of nitrogens with zero attached hydrogens (tertiary/aromatic N) is 3. The van der Waals surface area contributed by atoms with Gasteiger partial charge in [-0.25, -0.2) is 4.98 Å². The van der Waals surface area contributed by atoms with Crippen LogP contribution < -0.4 is 5.32 Å². The van der Waals surface area contributed by atoms with Gasteiger partial charge < -0.3 is 5.32 Å². The second-order valence-electron chi connectivity index (χ2n) is 4.62. The summed E-state index contributed by atoms with van der Waals surface area (Å²) in [6.07, 6.45) is 4.98. The summed E-state index contributed by atoms with van der Waals surface area (Å²) in [4.78, 5) is 5.89. The highest BCUT2D eigenvalue weighted by molar-refractivity contribution is 7.11. The molecule has 0 aliphatic carbocycles. The quantitative estimate of drug-likeness (QED) is 0.901. The molecule has 1 atom stereocenters. The van der Waals surface area contributed by atoms with Crippen molar-refractivity contribution in [1.29, 1.82) is 0 Å². The van der Waals surface area contributed by atoms with Crippen molar-refractivity contribution in [2.75, 3.05) is 6.54 Å². The molecule has 5 heteroatoms. The molecule has 0 aromatic carbocycles. The third-order valence-corrected chi connectivity index (χ3v) is 3.87. The topological polar surface area (TPSA) is 42.7 Å². The molecule has 2 heterocycles. The minimum absolute atomic E-state index is 0.312. The summed E-state index contributed by atoms with van der Waals surface area (Å²) in [5.41, 5.74) is 2.45. The van der Waals surface area contributed by atoms with Gasteiger partial charge in [-0.15, -0.1) is 11.3 Å². The SMILES string of the molecule is Cc1nc(C(C)NCCc2cnn(C)c2)c(C)s1. The Hall–Kier alpha value is -1.20. The van der Waals surface area contributed by atoms with Crippen LogP contribution >= 0.6 is 11.3 Å². The summed E-state index contributed by atoms with van der Waals surface area (Å²) in [6, 6.07) is 0.312. The highest BCUT2D eigenvalue weighted by Crippen LogP contribution is 2.22. The fraction of sp³-hybridized carbons (Fsp3) is 0.538. The number of rotatable bonds is 5. The van der Waals surface area contributed by atoms with Gasteiger partial charge in [0.25, 0.3) is 0 Å². The first-order valence-electron chi connectivity index (χ1n) is 6.21. The molecule has 2 aromatic rings. The van der Waals surface area contributed by atoms with Crippen molar-refractivity contribution in [1.82, 2.24) is 20.1 Å². The Morgan fingerprint density at radius 1 is 1.44 bits per heavy atom. The van der Waals surface area contributed by atoms with E-state index in [4.69, 9.17) is 0 Å². The first-order valence-corrected chi connectivity index (χ1v) is 7.02. The fourth-order valence-corrected chi connectivity index (χ4v) is 2.99. The summed E-state index contributed by atoms with van der Waals surface area (Å²) in [6.45, 7) is 7.32. The van der Waals surface area contributed by atoms with Crippen molar-refractivity contribution >= 4 is 11.3 Å². The molecule has 0 radical (unpaired) electrons. The molecule has 18 heavy (non-hydrogen) atoms. The van der Waals surface area contributed by atoms with Gasteiger partial charge in [-0.1, -0.05) is 0 Å². The van der Waals surface area contributed by atoms with E-state index < -0.39 is 0 Å². The first kappa shape index (κ1) is 13.2. The number of nitrogens with one attached hydrogen (secondary N) is 1. The van der Waals surface area contributed by atoms with Crippen molar-refractivity contribution in [3.8, 4) is 0 Å². The minimum atomic E-state index is 0.312. The average Bonchev–Trinajstić information content (AvgIpc) is 2.85. The summed E-state index contributed by atoms with van der Waals surface area (Å²) in [7, 11) is 1.95. The number of thiazole rings is 1. The molecule has 0 aliphatic rings. The Morgan fingerprint density at radius 2 is 2.22 bits per heavy atom. The maximum absolute atomic E-state index is 4.58. The molecule has 0 amide bonds. The van der Waals surface area contributed by atoms with Crippen LogP contribution in [0.5, 0.6) is 0 Å². The van der Waals surface area contributed by atoms with E-state index in [1.807, 2.05) is 17.9 Å². The molecule has 0 fully saturated rings. The van der Waals surface area contributed by atoms with Crippen molar-refractivity contribution in [2.45, 2.75) is 33.2 Å². The zero-order chi connectivity index (χ0) is 13.1. The lowest BCUT2D eigenvalue weighted by atomic mass is 10.2. The van der Waals surface area contributed by atoms with E-state index in [1.165, 1.54) is 16.1 Å². The Kier molecular flexibility index (Phi) is 4.14. The normalized spacial score (nSPS) is 12.9. The van der Waals surface area contributed by atoms with E-state index >= 15 is 0 Å². The number of hydrogen-bond donors (Lipinski definition) is 1. The molecule has 4 nitrogen and oxygen atoms in total. The second-order valence-corrected chi connectivity index (χ2v) is 6.03.